The van der Waals surface area contributed by atoms with Gasteiger partial charge in [0.2, 0.25) is 5.95 Å². The lowest BCUT2D eigenvalue weighted by Crippen LogP contribution is -2.28. The van der Waals surface area contributed by atoms with Gasteiger partial charge in [0.05, 0.1) is 4.47 Å². The normalized spacial score (nSPS) is 10.8. The average molecular weight is 315 g/mol. The fourth-order valence-electron chi connectivity index (χ4n) is 1.71. The van der Waals surface area contributed by atoms with Gasteiger partial charge in [-0.3, -0.25) is 0 Å². The van der Waals surface area contributed by atoms with Crippen LogP contribution in [0.4, 0.5) is 11.8 Å². The third kappa shape index (κ3) is 4.44. The van der Waals surface area contributed by atoms with Crippen LogP contribution in [0.2, 0.25) is 0 Å². The molecular weight excluding hydrogens is 292 g/mol. The molecule has 1 N–H and O–H groups in total. The summed E-state index contributed by atoms with van der Waals surface area (Å²) in [6.45, 7) is 11.6. The molecular formula is C13H23BrN4. The highest BCUT2D eigenvalue weighted by molar-refractivity contribution is 9.10. The Morgan fingerprint density at radius 1 is 1.39 bits per heavy atom. The molecule has 0 spiro atoms. The molecule has 0 aliphatic carbocycles. The maximum absolute atomic E-state index is 4.59. The first-order valence-electron chi connectivity index (χ1n) is 6.59. The van der Waals surface area contributed by atoms with Crippen molar-refractivity contribution in [2.75, 3.05) is 29.9 Å². The van der Waals surface area contributed by atoms with Crippen molar-refractivity contribution in [3.05, 3.63) is 10.7 Å². The Morgan fingerprint density at radius 2 is 2.11 bits per heavy atom. The van der Waals surface area contributed by atoms with Crippen LogP contribution in [0.1, 0.15) is 34.1 Å². The summed E-state index contributed by atoms with van der Waals surface area (Å²) in [6.07, 6.45) is 2.89. The zero-order valence-corrected chi connectivity index (χ0v) is 13.3. The highest BCUT2D eigenvalue weighted by atomic mass is 79.9. The van der Waals surface area contributed by atoms with Gasteiger partial charge in [-0.1, -0.05) is 20.8 Å². The van der Waals surface area contributed by atoms with Crippen LogP contribution in [0.3, 0.4) is 0 Å². The molecule has 4 nitrogen and oxygen atoms in total. The second kappa shape index (κ2) is 7.56. The summed E-state index contributed by atoms with van der Waals surface area (Å²) in [5.74, 6) is 2.29. The predicted molar refractivity (Wildman–Crippen MR) is 81.2 cm³/mol. The molecule has 102 valence electrons. The zero-order chi connectivity index (χ0) is 13.5. The number of hydrogen-bond acceptors (Lipinski definition) is 4. The number of halogens is 1. The molecule has 1 rings (SSSR count). The zero-order valence-electron chi connectivity index (χ0n) is 11.7. The largest absolute Gasteiger partial charge is 0.356 e. The minimum atomic E-state index is 0.610. The van der Waals surface area contributed by atoms with Crippen molar-refractivity contribution < 1.29 is 0 Å². The second-order valence-corrected chi connectivity index (χ2v) is 5.58. The van der Waals surface area contributed by atoms with Crippen molar-refractivity contribution in [1.82, 2.24) is 9.97 Å². The van der Waals surface area contributed by atoms with Gasteiger partial charge in [0.25, 0.3) is 0 Å². The van der Waals surface area contributed by atoms with E-state index in [0.717, 1.165) is 36.3 Å². The van der Waals surface area contributed by atoms with Crippen LogP contribution in [0.25, 0.3) is 0 Å². The van der Waals surface area contributed by atoms with E-state index in [0.29, 0.717) is 11.9 Å². The van der Waals surface area contributed by atoms with Crippen LogP contribution in [0, 0.1) is 5.92 Å². The molecule has 1 heterocycles. The SMILES string of the molecule is CCCNc1ncc(Br)c(N(CC)CC(C)C)n1. The number of nitrogens with one attached hydrogen (secondary N) is 1. The van der Waals surface area contributed by atoms with E-state index in [-0.39, 0.29) is 0 Å². The smallest absolute Gasteiger partial charge is 0.224 e. The van der Waals surface area contributed by atoms with Crippen molar-refractivity contribution in [2.45, 2.75) is 34.1 Å². The van der Waals surface area contributed by atoms with Gasteiger partial charge in [0.1, 0.15) is 5.82 Å². The van der Waals surface area contributed by atoms with Crippen LogP contribution in [0.15, 0.2) is 10.7 Å². The lowest BCUT2D eigenvalue weighted by molar-refractivity contribution is 0.613. The van der Waals surface area contributed by atoms with E-state index < -0.39 is 0 Å². The standard InChI is InChI=1S/C13H23BrN4/c1-5-7-15-13-16-8-11(14)12(17-13)18(6-2)9-10(3)4/h8,10H,5-7,9H2,1-4H3,(H,15,16,17). The summed E-state index contributed by atoms with van der Waals surface area (Å²) in [5.41, 5.74) is 0. The number of rotatable bonds is 7. The fourth-order valence-corrected chi connectivity index (χ4v) is 2.15. The first-order chi connectivity index (χ1) is 8.58. The van der Waals surface area contributed by atoms with Crippen LogP contribution >= 0.6 is 15.9 Å². The molecule has 18 heavy (non-hydrogen) atoms. The van der Waals surface area contributed by atoms with E-state index in [4.69, 9.17) is 0 Å². The quantitative estimate of drug-likeness (QED) is 0.835. The first kappa shape index (κ1) is 15.2. The first-order valence-corrected chi connectivity index (χ1v) is 7.39. The molecule has 0 aliphatic rings. The topological polar surface area (TPSA) is 41.1 Å². The minimum Gasteiger partial charge on any atom is -0.356 e. The van der Waals surface area contributed by atoms with Gasteiger partial charge in [-0.2, -0.15) is 4.98 Å². The van der Waals surface area contributed by atoms with Crippen LogP contribution < -0.4 is 10.2 Å². The number of anilines is 2. The van der Waals surface area contributed by atoms with Crippen molar-refractivity contribution in [2.24, 2.45) is 5.92 Å². The summed E-state index contributed by atoms with van der Waals surface area (Å²) in [5, 5.41) is 3.22. The van der Waals surface area contributed by atoms with Crippen LogP contribution in [-0.4, -0.2) is 29.6 Å². The van der Waals surface area contributed by atoms with E-state index in [1.54, 1.807) is 0 Å². The van der Waals surface area contributed by atoms with Gasteiger partial charge in [-0.15, -0.1) is 0 Å². The van der Waals surface area contributed by atoms with E-state index in [9.17, 15) is 0 Å². The predicted octanol–water partition coefficient (Wildman–Crippen LogP) is 3.54. The molecule has 0 aliphatic heterocycles. The lowest BCUT2D eigenvalue weighted by Gasteiger charge is -2.25. The molecule has 1 aromatic rings. The Balaban J connectivity index is 2.90. The molecule has 1 aromatic heterocycles. The third-order valence-corrected chi connectivity index (χ3v) is 3.08. The molecule has 0 saturated heterocycles. The van der Waals surface area contributed by atoms with Crippen molar-refractivity contribution in [3.8, 4) is 0 Å². The Kier molecular flexibility index (Phi) is 6.39. The third-order valence-electron chi connectivity index (χ3n) is 2.53. The second-order valence-electron chi connectivity index (χ2n) is 4.72. The van der Waals surface area contributed by atoms with Gasteiger partial charge < -0.3 is 10.2 Å². The van der Waals surface area contributed by atoms with Gasteiger partial charge in [-0.05, 0) is 35.2 Å². The summed E-state index contributed by atoms with van der Waals surface area (Å²) in [4.78, 5) is 11.1. The molecule has 0 amide bonds. The van der Waals surface area contributed by atoms with Gasteiger partial charge in [-0.25, -0.2) is 4.98 Å². The average Bonchev–Trinajstić information content (AvgIpc) is 2.35. The van der Waals surface area contributed by atoms with E-state index in [2.05, 4.69) is 63.8 Å². The maximum atomic E-state index is 4.59. The Bertz CT molecular complexity index is 368. The summed E-state index contributed by atoms with van der Waals surface area (Å²) >= 11 is 3.54. The number of aromatic nitrogens is 2. The molecule has 0 saturated carbocycles. The molecule has 0 aromatic carbocycles. The molecule has 0 bridgehead atoms. The molecule has 0 radical (unpaired) electrons. The maximum Gasteiger partial charge on any atom is 0.224 e. The number of hydrogen-bond donors (Lipinski definition) is 1. The minimum absolute atomic E-state index is 0.610. The Morgan fingerprint density at radius 3 is 2.67 bits per heavy atom. The van der Waals surface area contributed by atoms with Crippen molar-refractivity contribution >= 4 is 27.7 Å². The summed E-state index contributed by atoms with van der Waals surface area (Å²) in [6, 6.07) is 0. The Labute approximate surface area is 118 Å². The lowest BCUT2D eigenvalue weighted by atomic mass is 10.2. The molecule has 5 heteroatoms. The number of nitrogens with zero attached hydrogens (tertiary/aromatic N) is 3. The van der Waals surface area contributed by atoms with Crippen LogP contribution in [0.5, 0.6) is 0 Å². The van der Waals surface area contributed by atoms with E-state index in [1.165, 1.54) is 0 Å². The molecule has 0 atom stereocenters. The summed E-state index contributed by atoms with van der Waals surface area (Å²) < 4.78 is 0.951. The highest BCUT2D eigenvalue weighted by Crippen LogP contribution is 2.24. The monoisotopic (exact) mass is 314 g/mol. The molecule has 0 fully saturated rings. The Hall–Kier alpha value is -0.840. The van der Waals surface area contributed by atoms with Crippen LogP contribution in [-0.2, 0) is 0 Å². The van der Waals surface area contributed by atoms with Crippen molar-refractivity contribution in [3.63, 3.8) is 0 Å². The highest BCUT2D eigenvalue weighted by Gasteiger charge is 2.13. The van der Waals surface area contributed by atoms with Crippen molar-refractivity contribution in [1.29, 1.82) is 0 Å². The van der Waals surface area contributed by atoms with E-state index in [1.807, 2.05) is 6.20 Å². The van der Waals surface area contributed by atoms with Gasteiger partial charge in [0.15, 0.2) is 0 Å². The van der Waals surface area contributed by atoms with Gasteiger partial charge >= 0.3 is 0 Å². The summed E-state index contributed by atoms with van der Waals surface area (Å²) in [7, 11) is 0. The fraction of sp³-hybridized carbons (Fsp3) is 0.692. The van der Waals surface area contributed by atoms with Gasteiger partial charge in [0, 0.05) is 25.8 Å². The molecule has 0 unspecified atom stereocenters. The van der Waals surface area contributed by atoms with E-state index >= 15 is 0 Å².